The Morgan fingerprint density at radius 3 is 2.81 bits per heavy atom. The number of ether oxygens (including phenoxy) is 1. The van der Waals surface area contributed by atoms with Crippen LogP contribution in [0, 0.1) is 11.7 Å². The van der Waals surface area contributed by atoms with Gasteiger partial charge in [-0.2, -0.15) is 0 Å². The molecule has 0 aliphatic carbocycles. The van der Waals surface area contributed by atoms with E-state index in [1.165, 1.54) is 18.2 Å². The van der Waals surface area contributed by atoms with Gasteiger partial charge in [-0.05, 0) is 36.2 Å². The van der Waals surface area contributed by atoms with Crippen molar-refractivity contribution in [1.82, 2.24) is 0 Å². The summed E-state index contributed by atoms with van der Waals surface area (Å²) in [6, 6.07) is 9.00. The first kappa shape index (κ1) is 18.2. The molecule has 0 spiro atoms. The van der Waals surface area contributed by atoms with E-state index >= 15 is 0 Å². The predicted molar refractivity (Wildman–Crippen MR) is 98.5 cm³/mol. The fourth-order valence-corrected chi connectivity index (χ4v) is 3.00. The number of carbonyl (C=O) groups is 2. The summed E-state index contributed by atoms with van der Waals surface area (Å²) in [7, 11) is 0. The third kappa shape index (κ3) is 3.65. The SMILES string of the molecule is CC(C)CN1C(=O)COc2ccc(NC(=O)c3c(F)cccc3Cl)cc21. The van der Waals surface area contributed by atoms with E-state index in [-0.39, 0.29) is 29.0 Å². The largest absolute Gasteiger partial charge is 0.482 e. The van der Waals surface area contributed by atoms with Crippen molar-refractivity contribution in [1.29, 1.82) is 0 Å². The van der Waals surface area contributed by atoms with E-state index in [1.807, 2.05) is 13.8 Å². The highest BCUT2D eigenvalue weighted by molar-refractivity contribution is 6.34. The molecule has 0 radical (unpaired) electrons. The molecule has 1 heterocycles. The van der Waals surface area contributed by atoms with E-state index in [4.69, 9.17) is 16.3 Å². The first-order chi connectivity index (χ1) is 12.4. The summed E-state index contributed by atoms with van der Waals surface area (Å²) in [6.45, 7) is 4.53. The molecule has 2 amide bonds. The number of carbonyl (C=O) groups excluding carboxylic acids is 2. The molecular formula is C19H18ClFN2O3. The van der Waals surface area contributed by atoms with Crippen LogP contribution < -0.4 is 15.0 Å². The van der Waals surface area contributed by atoms with E-state index in [1.54, 1.807) is 23.1 Å². The lowest BCUT2D eigenvalue weighted by Gasteiger charge is -2.31. The highest BCUT2D eigenvalue weighted by atomic mass is 35.5. The molecule has 0 atom stereocenters. The van der Waals surface area contributed by atoms with Gasteiger partial charge in [0.2, 0.25) is 0 Å². The smallest absolute Gasteiger partial charge is 0.265 e. The topological polar surface area (TPSA) is 58.6 Å². The average Bonchev–Trinajstić information content (AvgIpc) is 2.57. The summed E-state index contributed by atoms with van der Waals surface area (Å²) in [5.74, 6) is -0.682. The second kappa shape index (κ2) is 7.33. The lowest BCUT2D eigenvalue weighted by molar-refractivity contribution is -0.121. The first-order valence-electron chi connectivity index (χ1n) is 8.19. The maximum Gasteiger partial charge on any atom is 0.265 e. The van der Waals surface area contributed by atoms with Crippen LogP contribution in [0.4, 0.5) is 15.8 Å². The number of nitrogens with one attached hydrogen (secondary N) is 1. The molecule has 7 heteroatoms. The molecule has 0 bridgehead atoms. The number of rotatable bonds is 4. The quantitative estimate of drug-likeness (QED) is 0.873. The molecule has 1 aliphatic heterocycles. The van der Waals surface area contributed by atoms with Crippen molar-refractivity contribution in [2.45, 2.75) is 13.8 Å². The molecule has 1 N–H and O–H groups in total. The fourth-order valence-electron chi connectivity index (χ4n) is 2.75. The van der Waals surface area contributed by atoms with Crippen molar-refractivity contribution in [3.05, 3.63) is 52.8 Å². The van der Waals surface area contributed by atoms with Crippen LogP contribution in [0.25, 0.3) is 0 Å². The van der Waals surface area contributed by atoms with Crippen LogP contribution in [0.1, 0.15) is 24.2 Å². The van der Waals surface area contributed by atoms with Gasteiger partial charge in [-0.1, -0.05) is 31.5 Å². The van der Waals surface area contributed by atoms with Gasteiger partial charge in [-0.15, -0.1) is 0 Å². The number of amides is 2. The van der Waals surface area contributed by atoms with Crippen molar-refractivity contribution >= 4 is 34.8 Å². The van der Waals surface area contributed by atoms with Crippen LogP contribution in [0.15, 0.2) is 36.4 Å². The number of hydrogen-bond donors (Lipinski definition) is 1. The third-order valence-electron chi connectivity index (χ3n) is 3.90. The molecule has 2 aromatic rings. The summed E-state index contributed by atoms with van der Waals surface area (Å²) in [5.41, 5.74) is 0.769. The zero-order chi connectivity index (χ0) is 18.8. The van der Waals surface area contributed by atoms with Crippen LogP contribution in [-0.2, 0) is 4.79 Å². The van der Waals surface area contributed by atoms with Crippen molar-refractivity contribution in [2.75, 3.05) is 23.4 Å². The van der Waals surface area contributed by atoms with Gasteiger partial charge < -0.3 is 15.0 Å². The molecular weight excluding hydrogens is 359 g/mol. The minimum Gasteiger partial charge on any atom is -0.482 e. The zero-order valence-corrected chi connectivity index (χ0v) is 15.1. The molecule has 136 valence electrons. The van der Waals surface area contributed by atoms with Gasteiger partial charge in [0.1, 0.15) is 11.6 Å². The molecule has 0 unspecified atom stereocenters. The normalized spacial score (nSPS) is 13.4. The van der Waals surface area contributed by atoms with Gasteiger partial charge >= 0.3 is 0 Å². The minimum absolute atomic E-state index is 0.0176. The van der Waals surface area contributed by atoms with Crippen molar-refractivity contribution in [3.63, 3.8) is 0 Å². The average molecular weight is 377 g/mol. The van der Waals surface area contributed by atoms with Gasteiger partial charge in [0, 0.05) is 12.2 Å². The molecule has 5 nitrogen and oxygen atoms in total. The summed E-state index contributed by atoms with van der Waals surface area (Å²) in [6.07, 6.45) is 0. The van der Waals surface area contributed by atoms with Crippen LogP contribution in [0.3, 0.4) is 0 Å². The fraction of sp³-hybridized carbons (Fsp3) is 0.263. The Morgan fingerprint density at radius 2 is 2.12 bits per heavy atom. The summed E-state index contributed by atoms with van der Waals surface area (Å²) >= 11 is 5.93. The van der Waals surface area contributed by atoms with Crippen LogP contribution in [-0.4, -0.2) is 25.0 Å². The zero-order valence-electron chi connectivity index (χ0n) is 14.4. The van der Waals surface area contributed by atoms with Gasteiger partial charge in [0.25, 0.3) is 11.8 Å². The van der Waals surface area contributed by atoms with E-state index in [0.717, 1.165) is 0 Å². The molecule has 0 saturated heterocycles. The number of halogens is 2. The van der Waals surface area contributed by atoms with E-state index in [0.29, 0.717) is 23.7 Å². The monoisotopic (exact) mass is 376 g/mol. The molecule has 0 fully saturated rings. The minimum atomic E-state index is -0.701. The summed E-state index contributed by atoms with van der Waals surface area (Å²) in [4.78, 5) is 26.2. The summed E-state index contributed by atoms with van der Waals surface area (Å²) in [5, 5.41) is 2.65. The number of hydrogen-bond acceptors (Lipinski definition) is 3. The standard InChI is InChI=1S/C19H18ClFN2O3/c1-11(2)9-23-15-8-12(6-7-16(15)26-10-17(23)24)22-19(25)18-13(20)4-3-5-14(18)21/h3-8,11H,9-10H2,1-2H3,(H,22,25). The second-order valence-corrected chi connectivity index (χ2v) is 6.83. The van der Waals surface area contributed by atoms with Gasteiger partial charge in [0.05, 0.1) is 16.3 Å². The highest BCUT2D eigenvalue weighted by Gasteiger charge is 2.26. The number of fused-ring (bicyclic) bond motifs is 1. The van der Waals surface area contributed by atoms with Crippen molar-refractivity contribution < 1.29 is 18.7 Å². The Balaban J connectivity index is 1.90. The number of benzene rings is 2. The highest BCUT2D eigenvalue weighted by Crippen LogP contribution is 2.35. The molecule has 26 heavy (non-hydrogen) atoms. The Labute approximate surface area is 155 Å². The van der Waals surface area contributed by atoms with Crippen molar-refractivity contribution in [3.8, 4) is 5.75 Å². The second-order valence-electron chi connectivity index (χ2n) is 6.42. The van der Waals surface area contributed by atoms with Crippen LogP contribution in [0.5, 0.6) is 5.75 Å². The van der Waals surface area contributed by atoms with Crippen LogP contribution in [0.2, 0.25) is 5.02 Å². The Kier molecular flexibility index (Phi) is 5.13. The Bertz CT molecular complexity index is 850. The molecule has 0 saturated carbocycles. The number of nitrogens with zero attached hydrogens (tertiary/aromatic N) is 1. The maximum atomic E-state index is 13.9. The third-order valence-corrected chi connectivity index (χ3v) is 4.21. The summed E-state index contributed by atoms with van der Waals surface area (Å²) < 4.78 is 19.4. The van der Waals surface area contributed by atoms with Crippen LogP contribution >= 0.6 is 11.6 Å². The van der Waals surface area contributed by atoms with Gasteiger partial charge in [0.15, 0.2) is 6.61 Å². The lowest BCUT2D eigenvalue weighted by atomic mass is 10.1. The molecule has 0 aromatic heterocycles. The lowest BCUT2D eigenvalue weighted by Crippen LogP contribution is -2.41. The first-order valence-corrected chi connectivity index (χ1v) is 8.57. The predicted octanol–water partition coefficient (Wildman–Crippen LogP) is 4.11. The molecule has 3 rings (SSSR count). The van der Waals surface area contributed by atoms with Crippen molar-refractivity contribution in [2.24, 2.45) is 5.92 Å². The molecule has 2 aromatic carbocycles. The van der Waals surface area contributed by atoms with Gasteiger partial charge in [-0.3, -0.25) is 9.59 Å². The van der Waals surface area contributed by atoms with Gasteiger partial charge in [-0.25, -0.2) is 4.39 Å². The number of anilines is 2. The van der Waals surface area contributed by atoms with E-state index in [2.05, 4.69) is 5.32 Å². The molecule has 1 aliphatic rings. The Morgan fingerprint density at radius 1 is 1.35 bits per heavy atom. The van der Waals surface area contributed by atoms with E-state index < -0.39 is 11.7 Å². The van der Waals surface area contributed by atoms with E-state index in [9.17, 15) is 14.0 Å². The Hall–Kier alpha value is -2.60. The maximum absolute atomic E-state index is 13.9.